The van der Waals surface area contributed by atoms with Gasteiger partial charge in [0.2, 0.25) is 17.0 Å². The maximum absolute atomic E-state index is 12.4. The van der Waals surface area contributed by atoms with Gasteiger partial charge in [-0.05, 0) is 52.1 Å². The van der Waals surface area contributed by atoms with E-state index in [9.17, 15) is 14.7 Å². The van der Waals surface area contributed by atoms with Crippen molar-refractivity contribution in [3.8, 4) is 0 Å². The summed E-state index contributed by atoms with van der Waals surface area (Å²) in [6, 6.07) is 22.8. The molecule has 0 aliphatic carbocycles. The van der Waals surface area contributed by atoms with Crippen molar-refractivity contribution in [3.05, 3.63) is 95.1 Å². The number of hydrogen-bond donors (Lipinski definition) is 4. The highest BCUT2D eigenvalue weighted by molar-refractivity contribution is 7.99. The summed E-state index contributed by atoms with van der Waals surface area (Å²) in [5.74, 6) is 0.545. The minimum Gasteiger partial charge on any atom is -0.397 e. The number of nitrogens with one attached hydrogen (secondary N) is 2. The highest BCUT2D eigenvalue weighted by Gasteiger charge is 2.32. The molecule has 1 aliphatic heterocycles. The molecule has 47 heavy (non-hydrogen) atoms. The molecule has 2 amide bonds. The summed E-state index contributed by atoms with van der Waals surface area (Å²) < 4.78 is 14.5. The first-order valence-corrected chi connectivity index (χ1v) is 16.7. The van der Waals surface area contributed by atoms with E-state index in [1.54, 1.807) is 23.9 Å². The first kappa shape index (κ1) is 34.0. The number of carbonyl (C=O) groups is 2. The predicted molar refractivity (Wildman–Crippen MR) is 179 cm³/mol. The number of aromatic nitrogens is 4. The predicted octanol–water partition coefficient (Wildman–Crippen LogP) is 4.83. The van der Waals surface area contributed by atoms with Crippen molar-refractivity contribution in [2.24, 2.45) is 7.05 Å². The number of anilines is 2. The van der Waals surface area contributed by atoms with Crippen molar-refractivity contribution < 1.29 is 24.2 Å². The van der Waals surface area contributed by atoms with Crippen molar-refractivity contribution in [1.82, 2.24) is 25.5 Å². The van der Waals surface area contributed by atoms with E-state index in [1.165, 1.54) is 11.8 Å². The third-order valence-electron chi connectivity index (χ3n) is 7.88. The van der Waals surface area contributed by atoms with Gasteiger partial charge in [-0.15, -0.1) is 5.10 Å². The van der Waals surface area contributed by atoms with Crippen LogP contribution in [0.25, 0.3) is 0 Å². The Labute approximate surface area is 278 Å². The largest absolute Gasteiger partial charge is 0.397 e. The lowest BCUT2D eigenvalue weighted by Gasteiger charge is -2.36. The molecular formula is C34H41N7O5S. The van der Waals surface area contributed by atoms with Crippen molar-refractivity contribution in [3.63, 3.8) is 0 Å². The third kappa shape index (κ3) is 10.1. The maximum atomic E-state index is 12.4. The van der Waals surface area contributed by atoms with Crippen LogP contribution in [0.5, 0.6) is 0 Å². The SMILES string of the molecule is Cn1nnnc1SCC1CC(c2ccc(CO)cc2)OC(c2ccc(CNC(=O)CCCCCC(=O)Nc3ccccc3N)cc2)O1. The molecule has 5 N–H and O–H groups in total. The number of nitrogens with two attached hydrogens (primary N) is 1. The molecule has 0 radical (unpaired) electrons. The molecule has 12 nitrogen and oxygen atoms in total. The summed E-state index contributed by atoms with van der Waals surface area (Å²) >= 11 is 1.53. The first-order chi connectivity index (χ1) is 22.9. The average Bonchev–Trinajstić information content (AvgIpc) is 3.51. The van der Waals surface area contributed by atoms with Crippen molar-refractivity contribution in [2.45, 2.75) is 75.3 Å². The van der Waals surface area contributed by atoms with Crippen molar-refractivity contribution in [2.75, 3.05) is 16.8 Å². The molecular weight excluding hydrogens is 618 g/mol. The number of nitrogens with zero attached hydrogens (tertiary/aromatic N) is 4. The number of tetrazole rings is 1. The number of benzene rings is 3. The normalized spacial score (nSPS) is 17.7. The molecule has 0 saturated carbocycles. The Balaban J connectivity index is 1.08. The fraction of sp³-hybridized carbons (Fsp3) is 0.382. The van der Waals surface area contributed by atoms with Gasteiger partial charge in [-0.2, -0.15) is 0 Å². The van der Waals surface area contributed by atoms with Gasteiger partial charge < -0.3 is 30.9 Å². The summed E-state index contributed by atoms with van der Waals surface area (Å²) in [5, 5.41) is 27.7. The zero-order chi connectivity index (χ0) is 33.0. The number of aliphatic hydroxyl groups excluding tert-OH is 1. The smallest absolute Gasteiger partial charge is 0.224 e. The minimum absolute atomic E-state index is 0.0124. The molecule has 4 aromatic rings. The van der Waals surface area contributed by atoms with Crippen LogP contribution in [0.1, 0.15) is 73.2 Å². The summed E-state index contributed by atoms with van der Waals surface area (Å²) in [6.07, 6.45) is 2.74. The van der Waals surface area contributed by atoms with Crippen LogP contribution in [0.15, 0.2) is 78.0 Å². The van der Waals surface area contributed by atoms with E-state index in [0.29, 0.717) is 60.9 Å². The van der Waals surface area contributed by atoms with Crippen LogP contribution in [0.2, 0.25) is 0 Å². The lowest BCUT2D eigenvalue weighted by molar-refractivity contribution is -0.245. The van der Waals surface area contributed by atoms with E-state index in [0.717, 1.165) is 28.7 Å². The van der Waals surface area contributed by atoms with Crippen LogP contribution in [0, 0.1) is 0 Å². The summed E-state index contributed by atoms with van der Waals surface area (Å²) in [4.78, 5) is 24.6. The second kappa shape index (κ2) is 17.0. The zero-order valence-electron chi connectivity index (χ0n) is 26.4. The number of aryl methyl sites for hydroxylation is 1. The first-order valence-electron chi connectivity index (χ1n) is 15.7. The van der Waals surface area contributed by atoms with Gasteiger partial charge in [-0.1, -0.05) is 78.8 Å². The van der Waals surface area contributed by atoms with Crippen LogP contribution >= 0.6 is 11.8 Å². The summed E-state index contributed by atoms with van der Waals surface area (Å²) in [5.41, 5.74) is 10.7. The molecule has 1 saturated heterocycles. The molecule has 1 fully saturated rings. The number of thioether (sulfide) groups is 1. The molecule has 2 heterocycles. The Bertz CT molecular complexity index is 1600. The van der Waals surface area contributed by atoms with E-state index in [2.05, 4.69) is 26.2 Å². The number of carbonyl (C=O) groups excluding carboxylic acids is 2. The summed E-state index contributed by atoms with van der Waals surface area (Å²) in [7, 11) is 1.80. The fourth-order valence-corrected chi connectivity index (χ4v) is 6.05. The van der Waals surface area contributed by atoms with Crippen LogP contribution in [0.4, 0.5) is 11.4 Å². The Morgan fingerprint density at radius 2 is 1.64 bits per heavy atom. The van der Waals surface area contributed by atoms with Crippen molar-refractivity contribution >= 4 is 35.0 Å². The van der Waals surface area contributed by atoms with Gasteiger partial charge in [0.05, 0.1) is 30.2 Å². The van der Waals surface area contributed by atoms with E-state index in [1.807, 2.05) is 60.7 Å². The Morgan fingerprint density at radius 1 is 0.936 bits per heavy atom. The van der Waals surface area contributed by atoms with Crippen LogP contribution in [-0.4, -0.2) is 49.0 Å². The quantitative estimate of drug-likeness (QED) is 0.0789. The lowest BCUT2D eigenvalue weighted by Crippen LogP contribution is -2.31. The average molecular weight is 660 g/mol. The Kier molecular flexibility index (Phi) is 12.3. The molecule has 248 valence electrons. The number of unbranched alkanes of at least 4 members (excludes halogenated alkanes) is 2. The van der Waals surface area contributed by atoms with Crippen LogP contribution in [0.3, 0.4) is 0 Å². The van der Waals surface area contributed by atoms with Crippen molar-refractivity contribution in [1.29, 1.82) is 0 Å². The second-order valence-corrected chi connectivity index (χ2v) is 12.4. The van der Waals surface area contributed by atoms with E-state index in [-0.39, 0.29) is 30.6 Å². The second-order valence-electron chi connectivity index (χ2n) is 11.5. The number of amides is 2. The van der Waals surface area contributed by atoms with Gasteiger partial charge >= 0.3 is 0 Å². The molecule has 5 rings (SSSR count). The van der Waals surface area contributed by atoms with Gasteiger partial charge in [0.15, 0.2) is 6.29 Å². The molecule has 3 aromatic carbocycles. The Morgan fingerprint density at radius 3 is 2.34 bits per heavy atom. The topological polar surface area (TPSA) is 167 Å². The molecule has 0 spiro atoms. The third-order valence-corrected chi connectivity index (χ3v) is 9.02. The van der Waals surface area contributed by atoms with Gasteiger partial charge in [-0.3, -0.25) is 9.59 Å². The van der Waals surface area contributed by atoms with Gasteiger partial charge in [-0.25, -0.2) is 4.68 Å². The van der Waals surface area contributed by atoms with Crippen LogP contribution in [-0.2, 0) is 39.3 Å². The number of aliphatic hydroxyl groups is 1. The highest BCUT2D eigenvalue weighted by atomic mass is 32.2. The standard InChI is InChI=1S/C34H41N7O5S/c1-41-34(38-39-40-41)47-22-27-19-30(25-15-13-24(21-42)14-16-25)46-33(45-27)26-17-11-23(12-18-26)20-36-31(43)9-3-2-4-10-32(44)37-29-8-6-5-7-28(29)35/h5-8,11-18,27,30,33,42H,2-4,9-10,19-22,35H2,1H3,(H,36,43)(H,37,44). The maximum Gasteiger partial charge on any atom is 0.224 e. The molecule has 3 atom stereocenters. The van der Waals surface area contributed by atoms with E-state index in [4.69, 9.17) is 15.2 Å². The number of hydrogen-bond acceptors (Lipinski definition) is 10. The molecule has 13 heteroatoms. The molecule has 3 unspecified atom stereocenters. The fourth-order valence-electron chi connectivity index (χ4n) is 5.19. The lowest BCUT2D eigenvalue weighted by atomic mass is 10.0. The molecule has 1 aromatic heterocycles. The highest BCUT2D eigenvalue weighted by Crippen LogP contribution is 2.39. The number of ether oxygens (including phenoxy) is 2. The van der Waals surface area contributed by atoms with Gasteiger partial charge in [0.1, 0.15) is 0 Å². The number of rotatable bonds is 15. The minimum atomic E-state index is -0.578. The van der Waals surface area contributed by atoms with Gasteiger partial charge in [0.25, 0.3) is 0 Å². The zero-order valence-corrected chi connectivity index (χ0v) is 27.2. The molecule has 0 bridgehead atoms. The summed E-state index contributed by atoms with van der Waals surface area (Å²) in [6.45, 7) is 0.402. The molecule has 1 aliphatic rings. The Hall–Kier alpha value is -4.30. The number of para-hydroxylation sites is 2. The monoisotopic (exact) mass is 659 g/mol. The van der Waals surface area contributed by atoms with E-state index < -0.39 is 6.29 Å². The van der Waals surface area contributed by atoms with Gasteiger partial charge in [0, 0.05) is 44.2 Å². The van der Waals surface area contributed by atoms with E-state index >= 15 is 0 Å². The number of nitrogen functional groups attached to an aromatic ring is 1. The van der Waals surface area contributed by atoms with Crippen LogP contribution < -0.4 is 16.4 Å².